The number of nitrogens with two attached hydrogens (primary N) is 1. The summed E-state index contributed by atoms with van der Waals surface area (Å²) in [5.74, 6) is -1.86. The number of amides is 1. The SMILES string of the molecule is CCn1ccnc1-c1cc(F)cc(C(=O)NC[C@@H](N)C(=O)O)c1. The first kappa shape index (κ1) is 16.6. The maximum Gasteiger partial charge on any atom is 0.322 e. The van der Waals surface area contributed by atoms with Crippen LogP contribution in [0.1, 0.15) is 17.3 Å². The Morgan fingerprint density at radius 2 is 2.17 bits per heavy atom. The molecule has 2 rings (SSSR count). The second-order valence-electron chi connectivity index (χ2n) is 4.92. The molecule has 0 aliphatic carbocycles. The predicted molar refractivity (Wildman–Crippen MR) is 81.2 cm³/mol. The van der Waals surface area contributed by atoms with Gasteiger partial charge in [-0.15, -0.1) is 0 Å². The van der Waals surface area contributed by atoms with Crippen molar-refractivity contribution in [1.82, 2.24) is 14.9 Å². The molecular weight excluding hydrogens is 303 g/mol. The van der Waals surface area contributed by atoms with E-state index in [9.17, 15) is 14.0 Å². The van der Waals surface area contributed by atoms with Gasteiger partial charge in [0.15, 0.2) is 0 Å². The Balaban J connectivity index is 2.23. The number of imidazole rings is 1. The molecule has 1 aromatic carbocycles. The van der Waals surface area contributed by atoms with Gasteiger partial charge in [-0.1, -0.05) is 0 Å². The fourth-order valence-corrected chi connectivity index (χ4v) is 2.07. The molecule has 8 heteroatoms. The second kappa shape index (κ2) is 7.01. The summed E-state index contributed by atoms with van der Waals surface area (Å²) in [5.41, 5.74) is 5.85. The number of carboxylic acids is 1. The van der Waals surface area contributed by atoms with Gasteiger partial charge in [0.05, 0.1) is 0 Å². The zero-order chi connectivity index (χ0) is 17.0. The number of hydrogen-bond donors (Lipinski definition) is 3. The van der Waals surface area contributed by atoms with E-state index in [1.54, 1.807) is 12.4 Å². The van der Waals surface area contributed by atoms with Crippen molar-refractivity contribution in [3.8, 4) is 11.4 Å². The number of halogens is 1. The molecule has 0 spiro atoms. The van der Waals surface area contributed by atoms with Crippen LogP contribution in [0, 0.1) is 5.82 Å². The molecule has 23 heavy (non-hydrogen) atoms. The van der Waals surface area contributed by atoms with Crippen LogP contribution in [0.2, 0.25) is 0 Å². The molecule has 0 saturated heterocycles. The summed E-state index contributed by atoms with van der Waals surface area (Å²) in [5, 5.41) is 11.1. The second-order valence-corrected chi connectivity index (χ2v) is 4.92. The number of rotatable bonds is 6. The number of carbonyl (C=O) groups is 2. The molecular formula is C15H17FN4O3. The van der Waals surface area contributed by atoms with Gasteiger partial charge in [-0.25, -0.2) is 9.37 Å². The van der Waals surface area contributed by atoms with Gasteiger partial charge in [0, 0.05) is 36.6 Å². The van der Waals surface area contributed by atoms with Crippen molar-refractivity contribution in [2.24, 2.45) is 5.73 Å². The van der Waals surface area contributed by atoms with Crippen LogP contribution in [0.5, 0.6) is 0 Å². The standard InChI is InChI=1S/C15H17FN4O3/c1-2-20-4-3-18-13(20)9-5-10(7-11(16)6-9)14(21)19-8-12(17)15(22)23/h3-7,12H,2,8,17H2,1H3,(H,19,21)(H,22,23)/t12-/m1/s1. The molecule has 1 aromatic heterocycles. The molecule has 0 fully saturated rings. The number of nitrogens with zero attached hydrogens (tertiary/aromatic N) is 2. The summed E-state index contributed by atoms with van der Waals surface area (Å²) in [6.07, 6.45) is 3.35. The zero-order valence-electron chi connectivity index (χ0n) is 12.5. The van der Waals surface area contributed by atoms with E-state index in [1.807, 2.05) is 11.5 Å². The lowest BCUT2D eigenvalue weighted by atomic mass is 10.1. The van der Waals surface area contributed by atoms with E-state index < -0.39 is 23.7 Å². The van der Waals surface area contributed by atoms with Gasteiger partial charge in [-0.2, -0.15) is 0 Å². The normalized spacial score (nSPS) is 12.0. The maximum atomic E-state index is 13.8. The van der Waals surface area contributed by atoms with E-state index >= 15 is 0 Å². The number of hydrogen-bond acceptors (Lipinski definition) is 4. The molecule has 0 unspecified atom stereocenters. The van der Waals surface area contributed by atoms with Gasteiger partial charge >= 0.3 is 5.97 Å². The van der Waals surface area contributed by atoms with Crippen molar-refractivity contribution in [2.75, 3.05) is 6.54 Å². The number of carbonyl (C=O) groups excluding carboxylic acids is 1. The Morgan fingerprint density at radius 3 is 2.83 bits per heavy atom. The highest BCUT2D eigenvalue weighted by atomic mass is 19.1. The highest BCUT2D eigenvalue weighted by molar-refractivity contribution is 5.95. The van der Waals surface area contributed by atoms with Gasteiger partial charge in [0.25, 0.3) is 5.91 Å². The topological polar surface area (TPSA) is 110 Å². The van der Waals surface area contributed by atoms with E-state index in [1.165, 1.54) is 12.1 Å². The van der Waals surface area contributed by atoms with E-state index in [0.717, 1.165) is 6.07 Å². The molecule has 0 radical (unpaired) electrons. The smallest absolute Gasteiger partial charge is 0.322 e. The van der Waals surface area contributed by atoms with Crippen molar-refractivity contribution in [1.29, 1.82) is 0 Å². The quantitative estimate of drug-likeness (QED) is 0.731. The van der Waals surface area contributed by atoms with E-state index in [0.29, 0.717) is 17.9 Å². The first-order valence-electron chi connectivity index (χ1n) is 7.01. The predicted octanol–water partition coefficient (Wildman–Crippen LogP) is 0.851. The third kappa shape index (κ3) is 3.92. The van der Waals surface area contributed by atoms with E-state index in [-0.39, 0.29) is 12.1 Å². The molecule has 1 amide bonds. The Labute approximate surface area is 131 Å². The fourth-order valence-electron chi connectivity index (χ4n) is 2.07. The molecule has 0 bridgehead atoms. The zero-order valence-corrected chi connectivity index (χ0v) is 12.5. The summed E-state index contributed by atoms with van der Waals surface area (Å²) >= 11 is 0. The van der Waals surface area contributed by atoms with Crippen LogP contribution in [0.25, 0.3) is 11.4 Å². The molecule has 0 aliphatic heterocycles. The summed E-state index contributed by atoms with van der Waals surface area (Å²) < 4.78 is 15.6. The minimum Gasteiger partial charge on any atom is -0.480 e. The number of aromatic nitrogens is 2. The molecule has 7 nitrogen and oxygen atoms in total. The summed E-state index contributed by atoms with van der Waals surface area (Å²) in [7, 11) is 0. The average Bonchev–Trinajstić information content (AvgIpc) is 3.00. The number of benzene rings is 1. The molecule has 4 N–H and O–H groups in total. The first-order chi connectivity index (χ1) is 10.9. The van der Waals surface area contributed by atoms with Crippen molar-refractivity contribution in [3.05, 3.63) is 42.0 Å². The van der Waals surface area contributed by atoms with Crippen molar-refractivity contribution in [2.45, 2.75) is 19.5 Å². The van der Waals surface area contributed by atoms with Crippen molar-refractivity contribution >= 4 is 11.9 Å². The molecule has 0 saturated carbocycles. The van der Waals surface area contributed by atoms with Crippen LogP contribution in [0.15, 0.2) is 30.6 Å². The number of carboxylic acid groups (broad SMARTS) is 1. The fraction of sp³-hybridized carbons (Fsp3) is 0.267. The summed E-state index contributed by atoms with van der Waals surface area (Å²) in [6, 6.07) is 2.64. The van der Waals surface area contributed by atoms with Crippen LogP contribution in [-0.4, -0.2) is 39.1 Å². The van der Waals surface area contributed by atoms with Gasteiger partial charge in [0.1, 0.15) is 17.7 Å². The third-order valence-electron chi connectivity index (χ3n) is 3.27. The summed E-state index contributed by atoms with van der Waals surface area (Å²) in [6.45, 7) is 2.33. The van der Waals surface area contributed by atoms with E-state index in [4.69, 9.17) is 10.8 Å². The molecule has 1 atom stereocenters. The highest BCUT2D eigenvalue weighted by Gasteiger charge is 2.16. The van der Waals surface area contributed by atoms with Gasteiger partial charge in [0.2, 0.25) is 0 Å². The monoisotopic (exact) mass is 320 g/mol. The average molecular weight is 320 g/mol. The lowest BCUT2D eigenvalue weighted by Crippen LogP contribution is -2.42. The molecule has 1 heterocycles. The highest BCUT2D eigenvalue weighted by Crippen LogP contribution is 2.20. The minimum absolute atomic E-state index is 0.0724. The number of nitrogens with one attached hydrogen (secondary N) is 1. The Hall–Kier alpha value is -2.74. The molecule has 2 aromatic rings. The molecule has 0 aliphatic rings. The largest absolute Gasteiger partial charge is 0.480 e. The van der Waals surface area contributed by atoms with Crippen LogP contribution in [0.4, 0.5) is 4.39 Å². The van der Waals surface area contributed by atoms with Crippen molar-refractivity contribution < 1.29 is 19.1 Å². The van der Waals surface area contributed by atoms with Crippen LogP contribution in [-0.2, 0) is 11.3 Å². The number of aliphatic carboxylic acids is 1. The Bertz CT molecular complexity index is 729. The van der Waals surface area contributed by atoms with Crippen LogP contribution in [0.3, 0.4) is 0 Å². The summed E-state index contributed by atoms with van der Waals surface area (Å²) in [4.78, 5) is 26.8. The lowest BCUT2D eigenvalue weighted by Gasteiger charge is -2.10. The van der Waals surface area contributed by atoms with E-state index in [2.05, 4.69) is 10.3 Å². The first-order valence-corrected chi connectivity index (χ1v) is 7.01. The Morgan fingerprint density at radius 1 is 1.43 bits per heavy atom. The van der Waals surface area contributed by atoms with Crippen LogP contribution < -0.4 is 11.1 Å². The maximum absolute atomic E-state index is 13.8. The lowest BCUT2D eigenvalue weighted by molar-refractivity contribution is -0.138. The van der Waals surface area contributed by atoms with Gasteiger partial charge in [-0.3, -0.25) is 9.59 Å². The Kier molecular flexibility index (Phi) is 5.07. The van der Waals surface area contributed by atoms with Gasteiger partial charge < -0.3 is 20.7 Å². The van der Waals surface area contributed by atoms with Crippen LogP contribution >= 0.6 is 0 Å². The number of aryl methyl sites for hydroxylation is 1. The molecule has 122 valence electrons. The van der Waals surface area contributed by atoms with Crippen molar-refractivity contribution in [3.63, 3.8) is 0 Å². The third-order valence-corrected chi connectivity index (χ3v) is 3.27. The minimum atomic E-state index is -1.23. The van der Waals surface area contributed by atoms with Gasteiger partial charge in [-0.05, 0) is 25.1 Å².